The van der Waals surface area contributed by atoms with E-state index in [2.05, 4.69) is 26.8 Å². The number of sulfonamides is 1. The molecule has 2 atom stereocenters. The summed E-state index contributed by atoms with van der Waals surface area (Å²) in [6, 6.07) is 8.48. The number of aromatic nitrogens is 1. The van der Waals surface area contributed by atoms with Gasteiger partial charge in [0.2, 0.25) is 0 Å². The van der Waals surface area contributed by atoms with Gasteiger partial charge in [-0.1, -0.05) is 12.1 Å². The van der Waals surface area contributed by atoms with E-state index < -0.39 is 22.1 Å². The van der Waals surface area contributed by atoms with Gasteiger partial charge in [0.05, 0.1) is 22.2 Å². The second kappa shape index (κ2) is 8.43. The highest BCUT2D eigenvalue weighted by molar-refractivity contribution is 7.92. The minimum absolute atomic E-state index is 0.00824. The van der Waals surface area contributed by atoms with Crippen LogP contribution in [0, 0.1) is 6.92 Å². The van der Waals surface area contributed by atoms with Gasteiger partial charge in [0, 0.05) is 25.7 Å². The third kappa shape index (κ3) is 5.04. The van der Waals surface area contributed by atoms with E-state index in [0.717, 1.165) is 32.4 Å². The molecular formula is C20H25F3N4O2S. The lowest BCUT2D eigenvalue weighted by atomic mass is 10.0. The summed E-state index contributed by atoms with van der Waals surface area (Å²) in [7, 11) is -3.96. The molecule has 1 fully saturated rings. The van der Waals surface area contributed by atoms with Crippen molar-refractivity contribution in [2.45, 2.75) is 43.8 Å². The summed E-state index contributed by atoms with van der Waals surface area (Å²) >= 11 is 0. The molecule has 2 N–H and O–H groups in total. The van der Waals surface area contributed by atoms with Crippen LogP contribution in [-0.4, -0.2) is 45.3 Å². The van der Waals surface area contributed by atoms with Gasteiger partial charge in [-0.15, -0.1) is 0 Å². The fraction of sp³-hybridized carbons (Fsp3) is 0.450. The first kappa shape index (κ1) is 22.4. The van der Waals surface area contributed by atoms with E-state index in [4.69, 9.17) is 0 Å². The number of alkyl halides is 3. The number of pyridine rings is 1. The molecule has 2 aromatic rings. The number of halogens is 3. The second-order valence-corrected chi connectivity index (χ2v) is 9.22. The van der Waals surface area contributed by atoms with E-state index in [9.17, 15) is 21.6 Å². The predicted molar refractivity (Wildman–Crippen MR) is 110 cm³/mol. The molecule has 164 valence electrons. The molecule has 0 bridgehead atoms. The molecule has 1 aromatic heterocycles. The Kier molecular flexibility index (Phi) is 6.28. The van der Waals surface area contributed by atoms with Crippen LogP contribution >= 0.6 is 0 Å². The van der Waals surface area contributed by atoms with E-state index in [-0.39, 0.29) is 10.5 Å². The highest BCUT2D eigenvalue weighted by Gasteiger charge is 2.37. The highest BCUT2D eigenvalue weighted by Crippen LogP contribution is 2.34. The molecule has 3 rings (SSSR count). The zero-order chi connectivity index (χ0) is 22.1. The number of benzene rings is 1. The zero-order valence-corrected chi connectivity index (χ0v) is 17.8. The van der Waals surface area contributed by atoms with Crippen molar-refractivity contribution in [2.24, 2.45) is 0 Å². The molecule has 0 amide bonds. The maximum atomic E-state index is 12.8. The van der Waals surface area contributed by atoms with E-state index in [1.807, 2.05) is 0 Å². The monoisotopic (exact) mass is 442 g/mol. The lowest BCUT2D eigenvalue weighted by molar-refractivity contribution is -0.146. The van der Waals surface area contributed by atoms with E-state index >= 15 is 0 Å². The van der Waals surface area contributed by atoms with Crippen LogP contribution in [0.15, 0.2) is 41.3 Å². The second-order valence-electron chi connectivity index (χ2n) is 7.54. The summed E-state index contributed by atoms with van der Waals surface area (Å²) < 4.78 is 66.4. The fourth-order valence-corrected chi connectivity index (χ4v) is 4.42. The van der Waals surface area contributed by atoms with Crippen LogP contribution in [0.4, 0.5) is 24.7 Å². The summed E-state index contributed by atoms with van der Waals surface area (Å²) in [5, 5.41) is 3.35. The normalized spacial score (nSPS) is 18.9. The molecule has 1 aliphatic rings. The zero-order valence-electron chi connectivity index (χ0n) is 17.0. The van der Waals surface area contributed by atoms with Gasteiger partial charge < -0.3 is 10.2 Å². The van der Waals surface area contributed by atoms with Gasteiger partial charge in [-0.2, -0.15) is 13.2 Å². The van der Waals surface area contributed by atoms with Crippen LogP contribution in [0.25, 0.3) is 0 Å². The van der Waals surface area contributed by atoms with Gasteiger partial charge in [0.1, 0.15) is 5.82 Å². The summed E-state index contributed by atoms with van der Waals surface area (Å²) in [5.41, 5.74) is 0.855. The highest BCUT2D eigenvalue weighted by atomic mass is 32.2. The van der Waals surface area contributed by atoms with Gasteiger partial charge in [0.25, 0.3) is 10.0 Å². The molecule has 0 spiro atoms. The average molecular weight is 443 g/mol. The fourth-order valence-electron chi connectivity index (χ4n) is 3.30. The third-order valence-electron chi connectivity index (χ3n) is 5.19. The van der Waals surface area contributed by atoms with E-state index in [1.54, 1.807) is 19.1 Å². The minimum atomic E-state index is -4.38. The molecule has 30 heavy (non-hydrogen) atoms. The lowest BCUT2D eigenvalue weighted by Gasteiger charge is -2.33. The van der Waals surface area contributed by atoms with Crippen molar-refractivity contribution in [3.63, 3.8) is 0 Å². The number of piperazine rings is 1. The Labute approximate surface area is 174 Å². The van der Waals surface area contributed by atoms with Crippen molar-refractivity contribution < 1.29 is 21.6 Å². The van der Waals surface area contributed by atoms with Crippen LogP contribution in [0.3, 0.4) is 0 Å². The van der Waals surface area contributed by atoms with Gasteiger partial charge in [0.15, 0.2) is 0 Å². The first-order chi connectivity index (χ1) is 14.0. The Morgan fingerprint density at radius 3 is 2.43 bits per heavy atom. The standard InChI is InChI=1S/C20H25F3N4O2S/c1-13-12-27(11-10-24-13)19-9-8-18(15(3)25-19)26-30(28,29)17-6-4-16(5-7-17)14(2)20(21,22)23/h4-9,13-14,24,26H,10-12H2,1-3H3. The Hall–Kier alpha value is -2.33. The average Bonchev–Trinajstić information content (AvgIpc) is 2.68. The smallest absolute Gasteiger partial charge is 0.354 e. The van der Waals surface area contributed by atoms with E-state index in [0.29, 0.717) is 17.4 Å². The molecule has 0 saturated carbocycles. The van der Waals surface area contributed by atoms with Gasteiger partial charge >= 0.3 is 6.18 Å². The van der Waals surface area contributed by atoms with Crippen molar-refractivity contribution in [3.05, 3.63) is 47.7 Å². The van der Waals surface area contributed by atoms with Crippen LogP contribution in [-0.2, 0) is 10.0 Å². The first-order valence-corrected chi connectivity index (χ1v) is 11.1. The molecule has 0 aliphatic carbocycles. The quantitative estimate of drug-likeness (QED) is 0.740. The maximum Gasteiger partial charge on any atom is 0.395 e. The van der Waals surface area contributed by atoms with Crippen LogP contribution in [0.1, 0.15) is 31.0 Å². The number of nitrogens with zero attached hydrogens (tertiary/aromatic N) is 2. The number of hydrogen-bond donors (Lipinski definition) is 2. The molecule has 2 unspecified atom stereocenters. The Balaban J connectivity index is 1.76. The Morgan fingerprint density at radius 2 is 1.87 bits per heavy atom. The number of rotatable bonds is 5. The van der Waals surface area contributed by atoms with Gasteiger partial charge in [-0.3, -0.25) is 4.72 Å². The first-order valence-electron chi connectivity index (χ1n) is 9.63. The van der Waals surface area contributed by atoms with Crippen molar-refractivity contribution in [1.82, 2.24) is 10.3 Å². The van der Waals surface area contributed by atoms with E-state index in [1.165, 1.54) is 24.3 Å². The third-order valence-corrected chi connectivity index (χ3v) is 6.57. The predicted octanol–water partition coefficient (Wildman–Crippen LogP) is 3.65. The van der Waals surface area contributed by atoms with Crippen LogP contribution in [0.2, 0.25) is 0 Å². The van der Waals surface area contributed by atoms with Crippen LogP contribution < -0.4 is 14.9 Å². The summed E-state index contributed by atoms with van der Waals surface area (Å²) in [4.78, 5) is 6.54. The van der Waals surface area contributed by atoms with Crippen molar-refractivity contribution in [2.75, 3.05) is 29.3 Å². The number of aryl methyl sites for hydroxylation is 1. The molecule has 10 heteroatoms. The number of hydrogen-bond acceptors (Lipinski definition) is 5. The largest absolute Gasteiger partial charge is 0.395 e. The number of anilines is 2. The molecule has 1 aliphatic heterocycles. The molecule has 1 aromatic carbocycles. The van der Waals surface area contributed by atoms with Crippen LogP contribution in [0.5, 0.6) is 0 Å². The van der Waals surface area contributed by atoms with Crippen molar-refractivity contribution in [1.29, 1.82) is 0 Å². The SMILES string of the molecule is Cc1nc(N2CCNC(C)C2)ccc1NS(=O)(=O)c1ccc(C(C)C(F)(F)F)cc1. The molecule has 6 nitrogen and oxygen atoms in total. The van der Waals surface area contributed by atoms with Gasteiger partial charge in [-0.25, -0.2) is 13.4 Å². The maximum absolute atomic E-state index is 12.8. The summed E-state index contributed by atoms with van der Waals surface area (Å²) in [6.45, 7) is 7.30. The summed E-state index contributed by atoms with van der Waals surface area (Å²) in [5.74, 6) is -0.900. The van der Waals surface area contributed by atoms with Gasteiger partial charge in [-0.05, 0) is 50.6 Å². The number of nitrogens with one attached hydrogen (secondary N) is 2. The molecule has 1 saturated heterocycles. The topological polar surface area (TPSA) is 74.3 Å². The molecule has 2 heterocycles. The molecular weight excluding hydrogens is 417 g/mol. The Bertz CT molecular complexity index is 994. The van der Waals surface area contributed by atoms with Crippen molar-refractivity contribution >= 4 is 21.5 Å². The van der Waals surface area contributed by atoms with Crippen molar-refractivity contribution in [3.8, 4) is 0 Å². The molecule has 0 radical (unpaired) electrons. The Morgan fingerprint density at radius 1 is 1.20 bits per heavy atom. The lowest BCUT2D eigenvalue weighted by Crippen LogP contribution is -2.49. The summed E-state index contributed by atoms with van der Waals surface area (Å²) in [6.07, 6.45) is -4.38. The minimum Gasteiger partial charge on any atom is -0.354 e.